The average molecular weight is 596 g/mol. The number of sulfonamides is 1. The Kier molecular flexibility index (Phi) is 8.33. The highest BCUT2D eigenvalue weighted by Crippen LogP contribution is 2.25. The predicted molar refractivity (Wildman–Crippen MR) is 154 cm³/mol. The molecule has 0 aliphatic carbocycles. The first-order chi connectivity index (χ1) is 18.1. The molecule has 0 aliphatic rings. The van der Waals surface area contributed by atoms with E-state index in [1.165, 1.54) is 0 Å². The Labute approximate surface area is 230 Å². The monoisotopic (exact) mass is 594 g/mol. The van der Waals surface area contributed by atoms with E-state index < -0.39 is 22.5 Å². The summed E-state index contributed by atoms with van der Waals surface area (Å²) in [5.41, 5.74) is 6.59. The molecule has 3 aromatic carbocycles. The summed E-state index contributed by atoms with van der Waals surface area (Å²) in [5.74, 6) is 0.635. The van der Waals surface area contributed by atoms with Crippen molar-refractivity contribution in [2.45, 2.75) is 13.8 Å². The number of benzene rings is 3. The van der Waals surface area contributed by atoms with Crippen LogP contribution in [-0.4, -0.2) is 37.9 Å². The number of rotatable bonds is 9. The van der Waals surface area contributed by atoms with Crippen LogP contribution in [0.2, 0.25) is 0 Å². The molecule has 0 fully saturated rings. The van der Waals surface area contributed by atoms with Gasteiger partial charge >= 0.3 is 0 Å². The Bertz CT molecular complexity index is 1550. The average Bonchev–Trinajstić information content (AvgIpc) is 3.16. The Balaban J connectivity index is 1.43. The number of hydrogen-bond donors (Lipinski definition) is 1. The van der Waals surface area contributed by atoms with Crippen LogP contribution in [0.25, 0.3) is 5.69 Å². The third-order valence-electron chi connectivity index (χ3n) is 5.74. The van der Waals surface area contributed by atoms with Gasteiger partial charge in [0.1, 0.15) is 18.0 Å². The molecule has 4 rings (SSSR count). The zero-order valence-electron chi connectivity index (χ0n) is 21.1. The quantitative estimate of drug-likeness (QED) is 0.203. The molecule has 0 saturated heterocycles. The number of nitrogens with one attached hydrogen (secondary N) is 1. The molecule has 8 nitrogen and oxygen atoms in total. The maximum atomic E-state index is 12.6. The van der Waals surface area contributed by atoms with Crippen molar-refractivity contribution in [3.63, 3.8) is 0 Å². The second kappa shape index (κ2) is 11.7. The molecule has 0 saturated carbocycles. The van der Waals surface area contributed by atoms with Crippen LogP contribution in [0, 0.1) is 13.8 Å². The van der Waals surface area contributed by atoms with E-state index in [9.17, 15) is 13.2 Å². The molecule has 1 N–H and O–H groups in total. The van der Waals surface area contributed by atoms with Crippen LogP contribution < -0.4 is 14.5 Å². The summed E-state index contributed by atoms with van der Waals surface area (Å²) in [4.78, 5) is 12.6. The second-order valence-corrected chi connectivity index (χ2v) is 11.4. The van der Waals surface area contributed by atoms with Gasteiger partial charge in [-0.25, -0.2) is 13.8 Å². The summed E-state index contributed by atoms with van der Waals surface area (Å²) in [6, 6.07) is 25.6. The summed E-state index contributed by atoms with van der Waals surface area (Å²) in [6.07, 6.45) is 2.60. The van der Waals surface area contributed by atoms with Gasteiger partial charge in [-0.15, -0.1) is 0 Å². The van der Waals surface area contributed by atoms with Gasteiger partial charge in [-0.3, -0.25) is 9.10 Å². The van der Waals surface area contributed by atoms with Crippen LogP contribution in [0.5, 0.6) is 11.5 Å². The molecule has 0 bridgehead atoms. The first kappa shape index (κ1) is 27.2. The van der Waals surface area contributed by atoms with Gasteiger partial charge in [0.25, 0.3) is 5.91 Å². The molecule has 4 aromatic rings. The molecular weight excluding hydrogens is 568 g/mol. The van der Waals surface area contributed by atoms with E-state index in [2.05, 4.69) is 31.0 Å². The van der Waals surface area contributed by atoms with E-state index in [1.807, 2.05) is 74.5 Å². The minimum absolute atomic E-state index is 0.338. The van der Waals surface area contributed by atoms with Crippen molar-refractivity contribution in [3.8, 4) is 17.2 Å². The number of aryl methyl sites for hydroxylation is 1. The Morgan fingerprint density at radius 2 is 1.63 bits per heavy atom. The summed E-state index contributed by atoms with van der Waals surface area (Å²) in [6.45, 7) is 3.53. The molecule has 1 amide bonds. The normalized spacial score (nSPS) is 11.5. The molecule has 196 valence electrons. The Hall–Kier alpha value is -3.89. The number of anilines is 1. The van der Waals surface area contributed by atoms with E-state index in [-0.39, 0.29) is 0 Å². The number of hydrazone groups is 1. The lowest BCUT2D eigenvalue weighted by molar-refractivity contribution is -0.119. The minimum Gasteiger partial charge on any atom is -0.457 e. The molecule has 1 aromatic heterocycles. The van der Waals surface area contributed by atoms with Crippen LogP contribution >= 0.6 is 15.9 Å². The summed E-state index contributed by atoms with van der Waals surface area (Å²) >= 11 is 3.45. The van der Waals surface area contributed by atoms with Crippen molar-refractivity contribution in [1.29, 1.82) is 0 Å². The highest BCUT2D eigenvalue weighted by atomic mass is 79.9. The largest absolute Gasteiger partial charge is 0.457 e. The smallest absolute Gasteiger partial charge is 0.260 e. The molecule has 1 heterocycles. The van der Waals surface area contributed by atoms with Gasteiger partial charge in [-0.2, -0.15) is 5.10 Å². The van der Waals surface area contributed by atoms with Crippen molar-refractivity contribution in [2.24, 2.45) is 5.10 Å². The molecule has 0 aliphatic heterocycles. The highest BCUT2D eigenvalue weighted by molar-refractivity contribution is 9.10. The summed E-state index contributed by atoms with van der Waals surface area (Å²) in [5, 5.41) is 4.07. The lowest BCUT2D eigenvalue weighted by atomic mass is 10.2. The fourth-order valence-electron chi connectivity index (χ4n) is 3.95. The number of halogens is 1. The van der Waals surface area contributed by atoms with Gasteiger partial charge in [0.05, 0.1) is 18.2 Å². The number of aromatic nitrogens is 1. The van der Waals surface area contributed by atoms with E-state index in [0.29, 0.717) is 17.2 Å². The van der Waals surface area contributed by atoms with E-state index in [0.717, 1.165) is 37.7 Å². The lowest BCUT2D eigenvalue weighted by Gasteiger charge is -2.21. The molecule has 10 heteroatoms. The van der Waals surface area contributed by atoms with Gasteiger partial charge in [0.2, 0.25) is 10.0 Å². The summed E-state index contributed by atoms with van der Waals surface area (Å²) in [7, 11) is -3.73. The molecule has 0 radical (unpaired) electrons. The molecule has 38 heavy (non-hydrogen) atoms. The number of carbonyl (C=O) groups excluding carboxylic acids is 1. The van der Waals surface area contributed by atoms with E-state index in [1.54, 1.807) is 30.5 Å². The SMILES string of the molecule is Cc1cc(/C=N\NC(=O)CN(c2ccc(Oc3ccccc3)cc2)S(C)(=O)=O)c(C)n1-c1ccc(Br)cc1. The molecule has 0 atom stereocenters. The Morgan fingerprint density at radius 3 is 2.26 bits per heavy atom. The van der Waals surface area contributed by atoms with Crippen LogP contribution in [0.4, 0.5) is 5.69 Å². The van der Waals surface area contributed by atoms with Crippen LogP contribution in [0.1, 0.15) is 17.0 Å². The first-order valence-electron chi connectivity index (χ1n) is 11.7. The van der Waals surface area contributed by atoms with E-state index in [4.69, 9.17) is 4.74 Å². The predicted octanol–water partition coefficient (Wildman–Crippen LogP) is 5.57. The highest BCUT2D eigenvalue weighted by Gasteiger charge is 2.21. The van der Waals surface area contributed by atoms with Gasteiger partial charge in [-0.05, 0) is 80.6 Å². The maximum absolute atomic E-state index is 12.6. The van der Waals surface area contributed by atoms with Crippen molar-refractivity contribution in [1.82, 2.24) is 9.99 Å². The van der Waals surface area contributed by atoms with E-state index >= 15 is 0 Å². The topological polar surface area (TPSA) is 93.0 Å². The molecule has 0 unspecified atom stereocenters. The van der Waals surface area contributed by atoms with Crippen LogP contribution in [-0.2, 0) is 14.8 Å². The fraction of sp³-hybridized carbons (Fsp3) is 0.143. The standard InChI is InChI=1S/C28H27BrN4O4S/c1-20-17-22(21(2)33(20)25-11-9-23(29)10-12-25)18-30-31-28(34)19-32(38(3,35)36)24-13-15-27(16-14-24)37-26-7-5-4-6-8-26/h4-18H,19H2,1-3H3,(H,31,34)/b30-18-. The van der Waals surface area contributed by atoms with Crippen LogP contribution in [0.15, 0.2) is 94.5 Å². The second-order valence-electron chi connectivity index (χ2n) is 8.61. The number of ether oxygens (including phenoxy) is 1. The minimum atomic E-state index is -3.73. The zero-order valence-corrected chi connectivity index (χ0v) is 23.5. The summed E-state index contributed by atoms with van der Waals surface area (Å²) < 4.78 is 34.8. The molecular formula is C28H27BrN4O4S. The number of carbonyl (C=O) groups is 1. The van der Waals surface area contributed by atoms with Gasteiger partial charge in [0.15, 0.2) is 0 Å². The maximum Gasteiger partial charge on any atom is 0.260 e. The fourth-order valence-corrected chi connectivity index (χ4v) is 5.07. The third kappa shape index (κ3) is 6.70. The molecule has 0 spiro atoms. The van der Waals surface area contributed by atoms with Crippen molar-refractivity contribution >= 4 is 43.8 Å². The third-order valence-corrected chi connectivity index (χ3v) is 7.41. The van der Waals surface area contributed by atoms with Crippen molar-refractivity contribution < 1.29 is 17.9 Å². The van der Waals surface area contributed by atoms with Gasteiger partial charge in [0, 0.05) is 27.1 Å². The van der Waals surface area contributed by atoms with Crippen molar-refractivity contribution in [2.75, 3.05) is 17.1 Å². The van der Waals surface area contributed by atoms with Crippen LogP contribution in [0.3, 0.4) is 0 Å². The van der Waals surface area contributed by atoms with Crippen molar-refractivity contribution in [3.05, 3.63) is 106 Å². The van der Waals surface area contributed by atoms with Gasteiger partial charge < -0.3 is 9.30 Å². The zero-order chi connectivity index (χ0) is 27.3. The van der Waals surface area contributed by atoms with Gasteiger partial charge in [-0.1, -0.05) is 34.1 Å². The lowest BCUT2D eigenvalue weighted by Crippen LogP contribution is -2.39. The number of amides is 1. The first-order valence-corrected chi connectivity index (χ1v) is 14.3. The Morgan fingerprint density at radius 1 is 1.00 bits per heavy atom. The number of para-hydroxylation sites is 1. The number of hydrogen-bond acceptors (Lipinski definition) is 5. The number of nitrogens with zero attached hydrogens (tertiary/aromatic N) is 3.